The molecule has 0 amide bonds. The lowest BCUT2D eigenvalue weighted by molar-refractivity contribution is 0.752. The maximum absolute atomic E-state index is 11.0. The topological polar surface area (TPSA) is 51.8 Å². The van der Waals surface area contributed by atoms with E-state index in [1.807, 2.05) is 72.8 Å². The van der Waals surface area contributed by atoms with E-state index in [9.17, 15) is 19.2 Å². The number of hydrogen-bond donors (Lipinski definition) is 0. The minimum absolute atomic E-state index is 0.0201. The first-order valence-corrected chi connectivity index (χ1v) is 30.6. The molecule has 13 aromatic carbocycles. The number of hydrogen-bond acceptors (Lipinski definition) is 4. The van der Waals surface area contributed by atoms with Crippen LogP contribution >= 0.6 is 0 Å². The summed E-state index contributed by atoms with van der Waals surface area (Å²) in [5.74, 6) is -1.80. The Bertz CT molecular complexity index is 6660. The van der Waals surface area contributed by atoms with E-state index in [-0.39, 0.29) is 49.1 Å². The number of nitrogens with zero attached hydrogens (tertiary/aromatic N) is 6. The molecule has 0 radical (unpaired) electrons. The molecule has 0 N–H and O–H groups in total. The van der Waals surface area contributed by atoms with Gasteiger partial charge in [-0.2, -0.15) is 9.97 Å². The van der Waals surface area contributed by atoms with Gasteiger partial charge in [0.05, 0.1) is 71.8 Å². The third-order valence-corrected chi connectivity index (χ3v) is 21.5. The lowest BCUT2D eigenvalue weighted by Gasteiger charge is -2.45. The zero-order chi connectivity index (χ0) is 79.5. The average molecular weight is 1180 g/mol. The highest BCUT2D eigenvalue weighted by Gasteiger charge is 2.51. The summed E-state index contributed by atoms with van der Waals surface area (Å²) in [5.41, 5.74) is 3.49. The molecule has 6 nitrogen and oxygen atoms in total. The van der Waals surface area contributed by atoms with Gasteiger partial charge in [-0.1, -0.05) is 266 Å². The van der Waals surface area contributed by atoms with Crippen LogP contribution in [0, 0.1) is 0 Å². The summed E-state index contributed by atoms with van der Waals surface area (Å²) >= 11 is 0. The first kappa shape index (κ1) is 32.3. The highest BCUT2D eigenvalue weighted by atomic mass is 28.3. The van der Waals surface area contributed by atoms with Crippen molar-refractivity contribution in [3.05, 3.63) is 349 Å². The van der Waals surface area contributed by atoms with Crippen LogP contribution in [0.1, 0.15) is 55.2 Å². The molecule has 3 aromatic heterocycles. The van der Waals surface area contributed by atoms with Crippen LogP contribution in [0.4, 0.5) is 17.1 Å². The maximum atomic E-state index is 11.0. The summed E-state index contributed by atoms with van der Waals surface area (Å²) in [6.45, 7) is 0. The number of fused-ring (bicyclic) bond motifs is 15. The Morgan fingerprint density at radius 3 is 1.33 bits per heavy atom. The Hall–Kier alpha value is -11.5. The summed E-state index contributed by atoms with van der Waals surface area (Å²) in [4.78, 5) is 16.6. The summed E-state index contributed by atoms with van der Waals surface area (Å²) in [6.07, 6.45) is 0. The largest absolute Gasteiger partial charge is 0.310 e. The second-order valence-electron chi connectivity index (χ2n) is 21.6. The molecular formula is C82H54N6Si. The van der Waals surface area contributed by atoms with E-state index in [0.717, 1.165) is 37.9 Å². The van der Waals surface area contributed by atoms with E-state index in [4.69, 9.17) is 28.7 Å². The fraction of sp³-hybridized carbons (Fsp3) is 0.0122. The van der Waals surface area contributed by atoms with Crippen molar-refractivity contribution in [2.45, 2.75) is 5.41 Å². The molecule has 16 aromatic rings. The zero-order valence-corrected chi connectivity index (χ0v) is 47.5. The second-order valence-corrected chi connectivity index (χ2v) is 25.2. The molecule has 0 atom stereocenters. The van der Waals surface area contributed by atoms with Crippen LogP contribution in [0.5, 0.6) is 0 Å². The molecule has 0 saturated carbocycles. The van der Waals surface area contributed by atoms with Gasteiger partial charge in [0.2, 0.25) is 5.95 Å². The quantitative estimate of drug-likeness (QED) is 0.107. The van der Waals surface area contributed by atoms with Gasteiger partial charge in [0.25, 0.3) is 0 Å². The third-order valence-electron chi connectivity index (χ3n) is 17.1. The van der Waals surface area contributed by atoms with Crippen LogP contribution in [-0.2, 0) is 5.41 Å². The number of aromatic nitrogens is 5. The van der Waals surface area contributed by atoms with E-state index in [0.29, 0.717) is 21.7 Å². The normalized spacial score (nSPS) is 16.8. The molecule has 1 aliphatic carbocycles. The number of benzene rings is 13. The Balaban J connectivity index is 0.940. The molecule has 0 bridgehead atoms. The predicted octanol–water partition coefficient (Wildman–Crippen LogP) is 16.9. The minimum atomic E-state index is -5.03. The fourth-order valence-corrected chi connectivity index (χ4v) is 17.8. The van der Waals surface area contributed by atoms with Crippen molar-refractivity contribution in [2.75, 3.05) is 4.90 Å². The Kier molecular flexibility index (Phi) is 7.27. The van der Waals surface area contributed by atoms with Crippen molar-refractivity contribution in [2.24, 2.45) is 0 Å². The Labute approximate surface area is 549 Å². The van der Waals surface area contributed by atoms with Gasteiger partial charge in [-0.3, -0.25) is 4.57 Å². The monoisotopic (exact) mass is 1170 g/mol. The highest BCUT2D eigenvalue weighted by molar-refractivity contribution is 7.20. The summed E-state index contributed by atoms with van der Waals surface area (Å²) < 4.78 is 232. The molecule has 1 spiro atoms. The maximum Gasteiger partial charge on any atom is 0.238 e. The van der Waals surface area contributed by atoms with E-state index in [1.165, 1.54) is 28.8 Å². The molecule has 0 saturated heterocycles. The van der Waals surface area contributed by atoms with E-state index >= 15 is 0 Å². The van der Waals surface area contributed by atoms with Crippen molar-refractivity contribution < 1.29 is 32.9 Å². The van der Waals surface area contributed by atoms with E-state index < -0.39 is 203 Å². The molecular weight excluding hydrogens is 1100 g/mol. The van der Waals surface area contributed by atoms with Gasteiger partial charge >= 0.3 is 0 Å². The zero-order valence-electron chi connectivity index (χ0n) is 70.5. The van der Waals surface area contributed by atoms with Crippen LogP contribution < -0.4 is 25.6 Å². The predicted molar refractivity (Wildman–Crippen MR) is 369 cm³/mol. The number of rotatable bonds is 9. The standard InChI is InChI=1S/C82H54N6Si/c1-3-28-59(29-4-1)89(60-30-5-2-6-31-60,61-51-49-57(50-52-61)86-77-47-21-15-41-71(77)82(72-42-16-22-48-78(72)86)69-39-13-7-33-63(69)64-34-8-14-40-70(64)82)62-32-24-26-56(54-62)80-83-79(84-81(85-80)88-75-45-19-11-37-67(75)68-38-12-20-46-76(68)88)55-25-23-27-58(53-55)87-73-43-17-9-35-65(73)66-36-10-18-44-74(66)87/h1-54H/i9D,10D,11D,12D,17D,18D,19D,20D,24D,26D,32D,35D,36D,37D,38D,43D,44D,45D,46D,49D,50D,51D,52D,54D. The van der Waals surface area contributed by atoms with Crippen molar-refractivity contribution in [1.29, 1.82) is 0 Å². The van der Waals surface area contributed by atoms with Crippen molar-refractivity contribution in [1.82, 2.24) is 24.1 Å². The summed E-state index contributed by atoms with van der Waals surface area (Å²) in [5, 5.41) is -1.30. The van der Waals surface area contributed by atoms with Gasteiger partial charge in [-0.25, -0.2) is 4.98 Å². The lowest BCUT2D eigenvalue weighted by atomic mass is 9.64. The van der Waals surface area contributed by atoms with Gasteiger partial charge in [0.15, 0.2) is 19.7 Å². The lowest BCUT2D eigenvalue weighted by Crippen LogP contribution is -2.74. The number of anilines is 3. The molecule has 18 rings (SSSR count). The van der Waals surface area contributed by atoms with Crippen molar-refractivity contribution in [3.63, 3.8) is 0 Å². The first-order chi connectivity index (χ1) is 54.1. The molecule has 416 valence electrons. The summed E-state index contributed by atoms with van der Waals surface area (Å²) in [6, 6.07) is 37.5. The smallest absolute Gasteiger partial charge is 0.238 e. The van der Waals surface area contributed by atoms with Gasteiger partial charge < -0.3 is 9.47 Å². The van der Waals surface area contributed by atoms with Crippen molar-refractivity contribution >= 4 is 89.5 Å². The van der Waals surface area contributed by atoms with Crippen molar-refractivity contribution in [3.8, 4) is 45.5 Å². The molecule has 0 unspecified atom stereocenters. The van der Waals surface area contributed by atoms with Crippen LogP contribution in [0.15, 0.2) is 327 Å². The molecule has 4 heterocycles. The van der Waals surface area contributed by atoms with Crippen LogP contribution in [-0.4, -0.2) is 32.2 Å². The third kappa shape index (κ3) is 7.46. The second kappa shape index (κ2) is 20.0. The van der Waals surface area contributed by atoms with Crippen LogP contribution in [0.25, 0.3) is 89.2 Å². The highest BCUT2D eigenvalue weighted by Crippen LogP contribution is 2.63. The SMILES string of the molecule is [2H]c1c([2H])c(-c2nc(-c3cccc(-n4c5c([2H])c([2H])c([2H])c([2H])c5c5c([2H])c([2H])c([2H])c([2H])c54)c3)nc(-n3c4c([2H])c([2H])c([2H])c([2H])c4c4c([2H])c([2H])c([2H])c([2H])c43)n2)c([2H])c([Si](c2ccccc2)(c2ccccc2)c2c([2H])c([2H])c(N3c4ccccc4C4(c5ccccc5-c5ccccc54)c4ccccc43)c([2H])c2[2H])c1[2H]. The Morgan fingerprint density at radius 1 is 0.326 bits per heavy atom. The van der Waals surface area contributed by atoms with Gasteiger partial charge in [0.1, 0.15) is 0 Å². The minimum Gasteiger partial charge on any atom is -0.310 e. The molecule has 2 aliphatic rings. The molecule has 0 fully saturated rings. The van der Waals surface area contributed by atoms with Gasteiger partial charge in [0, 0.05) is 44.0 Å². The van der Waals surface area contributed by atoms with E-state index in [1.54, 1.807) is 65.6 Å². The summed E-state index contributed by atoms with van der Waals surface area (Å²) in [7, 11) is -5.03. The van der Waals surface area contributed by atoms with Crippen LogP contribution in [0.2, 0.25) is 0 Å². The molecule has 1 aliphatic heterocycles. The average Bonchev–Trinajstić information content (AvgIpc) is 1.65. The number of para-hydroxylation sites is 6. The Morgan fingerprint density at radius 2 is 0.787 bits per heavy atom. The van der Waals surface area contributed by atoms with Crippen LogP contribution in [0.3, 0.4) is 0 Å². The van der Waals surface area contributed by atoms with E-state index in [2.05, 4.69) is 24.3 Å². The fourth-order valence-electron chi connectivity index (χ4n) is 13.6. The molecule has 89 heavy (non-hydrogen) atoms. The first-order valence-electron chi connectivity index (χ1n) is 40.6. The molecule has 7 heteroatoms. The van der Waals surface area contributed by atoms with Gasteiger partial charge in [-0.15, -0.1) is 0 Å². The van der Waals surface area contributed by atoms with Gasteiger partial charge in [-0.05, 0) is 115 Å².